The minimum absolute atomic E-state index is 1.11. The van der Waals surface area contributed by atoms with Crippen molar-refractivity contribution in [1.82, 2.24) is 0 Å². The van der Waals surface area contributed by atoms with E-state index in [0.29, 0.717) is 0 Å². The van der Waals surface area contributed by atoms with Gasteiger partial charge in [-0.15, -0.1) is 7.87 Å². The van der Waals surface area contributed by atoms with Crippen LogP contribution in [0.4, 0.5) is 0 Å². The van der Waals surface area contributed by atoms with Gasteiger partial charge < -0.3 is 0 Å². The largest absolute Gasteiger partial charge is 0.102 e. The molecule has 92 valence electrons. The summed E-state index contributed by atoms with van der Waals surface area (Å²) in [6.07, 6.45) is 12.9. The number of rotatable bonds is 9. The van der Waals surface area contributed by atoms with E-state index in [9.17, 15) is 0 Å². The van der Waals surface area contributed by atoms with Crippen molar-refractivity contribution in [2.75, 3.05) is 0 Å². The van der Waals surface area contributed by atoms with Crippen LogP contribution < -0.4 is 0 Å². The normalized spacial score (nSPS) is 12.4. The molecule has 3 heteroatoms. The average molecular weight is 274 g/mol. The average Bonchev–Trinajstić information content (AvgIpc) is 2.68. The van der Waals surface area contributed by atoms with Crippen molar-refractivity contribution in [3.05, 3.63) is 10.6 Å². The van der Waals surface area contributed by atoms with E-state index in [4.69, 9.17) is 0 Å². The molecule has 1 rings (SSSR count). The quantitative estimate of drug-likeness (QED) is 0.431. The first-order valence-electron chi connectivity index (χ1n) is 6.71. The molecule has 16 heavy (non-hydrogen) atoms. The van der Waals surface area contributed by atoms with E-state index in [0.717, 1.165) is 7.87 Å². The summed E-state index contributed by atoms with van der Waals surface area (Å²) >= 11 is 0. The minimum Gasteiger partial charge on any atom is -0.102 e. The molecule has 0 aliphatic rings. The van der Waals surface area contributed by atoms with Crippen LogP contribution in [0, 0.1) is 6.92 Å². The summed E-state index contributed by atoms with van der Waals surface area (Å²) in [5.74, 6) is 0. The van der Waals surface area contributed by atoms with Gasteiger partial charge in [-0.1, -0.05) is 51.9 Å². The highest BCUT2D eigenvalue weighted by Gasteiger charge is 1.99. The highest BCUT2D eigenvalue weighted by atomic mass is 32.1. The molecule has 0 nitrogen and oxygen atoms in total. The zero-order valence-corrected chi connectivity index (χ0v) is 13.5. The fourth-order valence-corrected chi connectivity index (χ4v) is 8.83. The molecular formula is C13H25P3. The Morgan fingerprint density at radius 1 is 0.938 bits per heavy atom. The molecule has 1 aromatic heterocycles. The lowest BCUT2D eigenvalue weighted by Gasteiger charge is -2.01. The number of hydrogen-bond acceptors (Lipinski definition) is 0. The second-order valence-electron chi connectivity index (χ2n) is 4.61. The van der Waals surface area contributed by atoms with Crippen molar-refractivity contribution in [3.63, 3.8) is 0 Å². The van der Waals surface area contributed by atoms with Crippen LogP contribution in [-0.2, 0) is 6.42 Å². The van der Waals surface area contributed by atoms with Crippen LogP contribution in [-0.4, -0.2) is 0 Å². The zero-order valence-electron chi connectivity index (χ0n) is 10.8. The molecule has 0 fully saturated rings. The lowest BCUT2D eigenvalue weighted by atomic mass is 10.1. The SMILES string of the molecule is CCCCCCCCCCc1pp[pH]c1C. The zero-order chi connectivity index (χ0) is 11.6. The summed E-state index contributed by atoms with van der Waals surface area (Å²) in [5, 5.41) is 3.48. The molecule has 0 spiro atoms. The molecule has 0 aromatic carbocycles. The van der Waals surface area contributed by atoms with Crippen molar-refractivity contribution in [2.24, 2.45) is 0 Å². The Kier molecular flexibility index (Phi) is 8.86. The number of unbranched alkanes of at least 4 members (excludes halogenated alkanes) is 7. The van der Waals surface area contributed by atoms with E-state index < -0.39 is 0 Å². The van der Waals surface area contributed by atoms with Gasteiger partial charge in [0.1, 0.15) is 0 Å². The predicted octanol–water partition coefficient (Wildman–Crippen LogP) is 6.87. The van der Waals surface area contributed by atoms with E-state index >= 15 is 0 Å². The topological polar surface area (TPSA) is 0 Å². The summed E-state index contributed by atoms with van der Waals surface area (Å²) in [5.41, 5.74) is 0. The molecule has 1 aromatic rings. The Hall–Kier alpha value is 0.640. The second kappa shape index (κ2) is 9.65. The van der Waals surface area contributed by atoms with E-state index in [-0.39, 0.29) is 0 Å². The smallest absolute Gasteiger partial charge is 0.00883 e. The van der Waals surface area contributed by atoms with E-state index in [1.165, 1.54) is 57.8 Å². The third-order valence-electron chi connectivity index (χ3n) is 3.09. The Bertz CT molecular complexity index is 268. The standard InChI is InChI=1S/C13H25P3/c1-3-4-5-6-7-8-9-10-11-13-12(2)14-16-15-13/h14H,3-11H2,1-2H3. The molecule has 0 amide bonds. The molecule has 1 unspecified atom stereocenters. The molecule has 0 saturated carbocycles. The monoisotopic (exact) mass is 274 g/mol. The maximum atomic E-state index is 2.34. The summed E-state index contributed by atoms with van der Waals surface area (Å²) in [7, 11) is 4.39. The van der Waals surface area contributed by atoms with Gasteiger partial charge in [0, 0.05) is 0 Å². The third kappa shape index (κ3) is 6.39. The highest BCUT2D eigenvalue weighted by molar-refractivity contribution is 8.17. The summed E-state index contributed by atoms with van der Waals surface area (Å²) in [6, 6.07) is 0. The van der Waals surface area contributed by atoms with Gasteiger partial charge in [0.2, 0.25) is 0 Å². The van der Waals surface area contributed by atoms with Crippen LogP contribution in [0.25, 0.3) is 0 Å². The first kappa shape index (κ1) is 14.7. The van der Waals surface area contributed by atoms with Gasteiger partial charge in [-0.05, 0) is 45.8 Å². The van der Waals surface area contributed by atoms with Gasteiger partial charge in [0.05, 0.1) is 0 Å². The molecule has 1 atom stereocenters. The number of aryl methyl sites for hydroxylation is 2. The van der Waals surface area contributed by atoms with Crippen molar-refractivity contribution < 1.29 is 0 Å². The van der Waals surface area contributed by atoms with Crippen LogP contribution in [0.3, 0.4) is 0 Å². The van der Waals surface area contributed by atoms with Crippen molar-refractivity contribution in [2.45, 2.75) is 71.6 Å². The molecular weight excluding hydrogens is 249 g/mol. The first-order chi connectivity index (χ1) is 7.84. The Morgan fingerprint density at radius 2 is 1.56 bits per heavy atom. The van der Waals surface area contributed by atoms with Crippen LogP contribution in [0.15, 0.2) is 0 Å². The maximum Gasteiger partial charge on any atom is -0.00883 e. The lowest BCUT2D eigenvalue weighted by molar-refractivity contribution is 0.576. The van der Waals surface area contributed by atoms with Crippen molar-refractivity contribution >= 4 is 23.3 Å². The van der Waals surface area contributed by atoms with E-state index in [2.05, 4.69) is 13.8 Å². The van der Waals surface area contributed by atoms with Crippen LogP contribution >= 0.6 is 23.3 Å². The maximum absolute atomic E-state index is 2.34. The fourth-order valence-electron chi connectivity index (χ4n) is 1.96. The summed E-state index contributed by atoms with van der Waals surface area (Å²) in [4.78, 5) is 0. The second-order valence-corrected chi connectivity index (χ2v) is 10.2. The van der Waals surface area contributed by atoms with Crippen LogP contribution in [0.5, 0.6) is 0 Å². The van der Waals surface area contributed by atoms with Gasteiger partial charge in [-0.3, -0.25) is 0 Å². The van der Waals surface area contributed by atoms with Crippen LogP contribution in [0.1, 0.15) is 68.9 Å². The van der Waals surface area contributed by atoms with Gasteiger partial charge in [-0.25, -0.2) is 0 Å². The minimum atomic E-state index is 1.11. The van der Waals surface area contributed by atoms with Crippen molar-refractivity contribution in [1.29, 1.82) is 0 Å². The summed E-state index contributed by atoms with van der Waals surface area (Å²) in [6.45, 7) is 4.63. The Balaban J connectivity index is 1.91. The molecule has 0 N–H and O–H groups in total. The van der Waals surface area contributed by atoms with E-state index in [1.54, 1.807) is 26.0 Å². The molecule has 0 saturated heterocycles. The van der Waals surface area contributed by atoms with Gasteiger partial charge in [0.15, 0.2) is 0 Å². The van der Waals surface area contributed by atoms with Gasteiger partial charge >= 0.3 is 0 Å². The Morgan fingerprint density at radius 3 is 2.12 bits per heavy atom. The van der Waals surface area contributed by atoms with Crippen molar-refractivity contribution in [3.8, 4) is 0 Å². The van der Waals surface area contributed by atoms with Crippen LogP contribution in [0.2, 0.25) is 0 Å². The predicted molar refractivity (Wildman–Crippen MR) is 82.0 cm³/mol. The number of hydrogen-bond donors (Lipinski definition) is 0. The molecule has 0 aliphatic carbocycles. The molecule has 1 heterocycles. The molecule has 0 radical (unpaired) electrons. The first-order valence-corrected chi connectivity index (χ1v) is 11.0. The fraction of sp³-hybridized carbons (Fsp3) is 0.846. The third-order valence-corrected chi connectivity index (χ3v) is 9.07. The van der Waals surface area contributed by atoms with Gasteiger partial charge in [-0.2, -0.15) is 0 Å². The van der Waals surface area contributed by atoms with Gasteiger partial charge in [0.25, 0.3) is 0 Å². The molecule has 0 aliphatic heterocycles. The lowest BCUT2D eigenvalue weighted by Crippen LogP contribution is -1.84. The highest BCUT2D eigenvalue weighted by Crippen LogP contribution is 2.41. The Labute approximate surface area is 106 Å². The summed E-state index contributed by atoms with van der Waals surface area (Å²) < 4.78 is 0. The molecule has 0 bridgehead atoms. The van der Waals surface area contributed by atoms with E-state index in [1.807, 2.05) is 0 Å².